The zero-order chi connectivity index (χ0) is 22.7. The maximum atomic E-state index is 13.2. The number of amides is 1. The van der Waals surface area contributed by atoms with E-state index in [1.54, 1.807) is 0 Å². The van der Waals surface area contributed by atoms with Crippen molar-refractivity contribution in [2.75, 3.05) is 11.9 Å². The van der Waals surface area contributed by atoms with Crippen molar-refractivity contribution in [3.63, 3.8) is 0 Å². The Hall–Kier alpha value is -3.72. The van der Waals surface area contributed by atoms with Gasteiger partial charge in [0.05, 0.1) is 23.5 Å². The number of hydrogen-bond donors (Lipinski definition) is 2. The van der Waals surface area contributed by atoms with Crippen LogP contribution in [0.1, 0.15) is 24.1 Å². The molecule has 1 amide bonds. The van der Waals surface area contributed by atoms with Gasteiger partial charge >= 0.3 is 6.18 Å². The molecular formula is C23H20F3N5O. The topological polar surface area (TPSA) is 71.8 Å². The number of rotatable bonds is 6. The van der Waals surface area contributed by atoms with Crippen LogP contribution >= 0.6 is 0 Å². The second kappa shape index (κ2) is 8.80. The SMILES string of the molecule is C[C@@H](NCC(=O)Nc1cc(C(F)(F)F)ccc1-n1cncn1)c1cccc2ccccc12. The number of alkyl halides is 3. The summed E-state index contributed by atoms with van der Waals surface area (Å²) in [6.45, 7) is 1.84. The minimum Gasteiger partial charge on any atom is -0.323 e. The van der Waals surface area contributed by atoms with Crippen LogP contribution < -0.4 is 10.6 Å². The molecule has 1 heterocycles. The van der Waals surface area contributed by atoms with Gasteiger partial charge in [0.2, 0.25) is 5.91 Å². The zero-order valence-corrected chi connectivity index (χ0v) is 17.1. The summed E-state index contributed by atoms with van der Waals surface area (Å²) < 4.78 is 40.9. The summed E-state index contributed by atoms with van der Waals surface area (Å²) in [6.07, 6.45) is -1.93. The Morgan fingerprint density at radius 3 is 2.62 bits per heavy atom. The summed E-state index contributed by atoms with van der Waals surface area (Å²) in [5.41, 5.74) is 0.438. The second-order valence-electron chi connectivity index (χ2n) is 7.29. The van der Waals surface area contributed by atoms with E-state index in [9.17, 15) is 18.0 Å². The van der Waals surface area contributed by atoms with Crippen molar-refractivity contribution in [1.29, 1.82) is 0 Å². The average molecular weight is 439 g/mol. The van der Waals surface area contributed by atoms with Crippen LogP contribution in [-0.4, -0.2) is 27.2 Å². The van der Waals surface area contributed by atoms with Crippen molar-refractivity contribution in [1.82, 2.24) is 20.1 Å². The lowest BCUT2D eigenvalue weighted by Crippen LogP contribution is -2.30. The first-order valence-electron chi connectivity index (χ1n) is 9.90. The monoisotopic (exact) mass is 439 g/mol. The van der Waals surface area contributed by atoms with Gasteiger partial charge < -0.3 is 10.6 Å². The molecule has 2 N–H and O–H groups in total. The Labute approximate surface area is 182 Å². The molecule has 4 rings (SSSR count). The van der Waals surface area contributed by atoms with E-state index in [0.717, 1.165) is 28.5 Å². The predicted octanol–water partition coefficient (Wildman–Crippen LogP) is 4.73. The van der Waals surface area contributed by atoms with Gasteiger partial charge in [0, 0.05) is 6.04 Å². The number of nitrogens with zero attached hydrogens (tertiary/aromatic N) is 3. The van der Waals surface area contributed by atoms with E-state index in [1.165, 1.54) is 23.4 Å². The van der Waals surface area contributed by atoms with Crippen molar-refractivity contribution < 1.29 is 18.0 Å². The fourth-order valence-corrected chi connectivity index (χ4v) is 3.52. The number of carbonyl (C=O) groups is 1. The Morgan fingerprint density at radius 1 is 1.09 bits per heavy atom. The van der Waals surface area contributed by atoms with Crippen molar-refractivity contribution in [3.8, 4) is 5.69 Å². The van der Waals surface area contributed by atoms with E-state index in [-0.39, 0.29) is 24.0 Å². The third-order valence-corrected chi connectivity index (χ3v) is 5.12. The van der Waals surface area contributed by atoms with Crippen LogP contribution in [0.25, 0.3) is 16.5 Å². The minimum atomic E-state index is -4.54. The van der Waals surface area contributed by atoms with Gasteiger partial charge in [-0.2, -0.15) is 18.3 Å². The van der Waals surface area contributed by atoms with Crippen LogP contribution in [0.3, 0.4) is 0 Å². The molecule has 3 aromatic carbocycles. The molecule has 1 aromatic heterocycles. The summed E-state index contributed by atoms with van der Waals surface area (Å²) in [4.78, 5) is 16.4. The fraction of sp³-hybridized carbons (Fsp3) is 0.174. The first kappa shape index (κ1) is 21.5. The molecule has 164 valence electrons. The smallest absolute Gasteiger partial charge is 0.323 e. The summed E-state index contributed by atoms with van der Waals surface area (Å²) in [7, 11) is 0. The van der Waals surface area contributed by atoms with E-state index in [4.69, 9.17) is 0 Å². The highest BCUT2D eigenvalue weighted by Crippen LogP contribution is 2.33. The normalized spacial score (nSPS) is 12.6. The molecule has 0 radical (unpaired) electrons. The molecule has 0 aliphatic rings. The molecule has 9 heteroatoms. The van der Waals surface area contributed by atoms with Gasteiger partial charge in [-0.1, -0.05) is 42.5 Å². The number of halogens is 3. The van der Waals surface area contributed by atoms with Crippen molar-refractivity contribution >= 4 is 22.4 Å². The highest BCUT2D eigenvalue weighted by Gasteiger charge is 2.31. The molecule has 0 unspecified atom stereocenters. The lowest BCUT2D eigenvalue weighted by atomic mass is 10.00. The van der Waals surface area contributed by atoms with E-state index >= 15 is 0 Å². The molecule has 0 aliphatic heterocycles. The fourth-order valence-electron chi connectivity index (χ4n) is 3.52. The second-order valence-corrected chi connectivity index (χ2v) is 7.29. The largest absolute Gasteiger partial charge is 0.416 e. The van der Waals surface area contributed by atoms with Gasteiger partial charge in [0.1, 0.15) is 12.7 Å². The van der Waals surface area contributed by atoms with Gasteiger partial charge in [-0.05, 0) is 41.5 Å². The number of nitrogens with one attached hydrogen (secondary N) is 2. The van der Waals surface area contributed by atoms with E-state index in [0.29, 0.717) is 0 Å². The Balaban J connectivity index is 1.51. The standard InChI is InChI=1S/C23H20F3N5O/c1-15(18-8-4-6-16-5-2-3-7-19(16)18)28-12-22(32)30-20-11-17(23(24,25)26)9-10-21(20)31-14-27-13-29-31/h2-11,13-15,28H,12H2,1H3,(H,30,32)/t15-/m1/s1. The number of hydrogen-bond acceptors (Lipinski definition) is 4. The van der Waals surface area contributed by atoms with Crippen molar-refractivity contribution in [3.05, 3.63) is 84.4 Å². The Kier molecular flexibility index (Phi) is 5.91. The van der Waals surface area contributed by atoms with Crippen LogP contribution in [-0.2, 0) is 11.0 Å². The van der Waals surface area contributed by atoms with Crippen molar-refractivity contribution in [2.45, 2.75) is 19.1 Å². The molecule has 0 fully saturated rings. The van der Waals surface area contributed by atoms with E-state index in [2.05, 4.69) is 20.7 Å². The lowest BCUT2D eigenvalue weighted by molar-refractivity contribution is -0.137. The first-order chi connectivity index (χ1) is 15.3. The summed E-state index contributed by atoms with van der Waals surface area (Å²) in [5.74, 6) is -0.474. The van der Waals surface area contributed by atoms with Crippen LogP contribution in [0.5, 0.6) is 0 Å². The molecule has 1 atom stereocenters. The summed E-state index contributed by atoms with van der Waals surface area (Å²) >= 11 is 0. The lowest BCUT2D eigenvalue weighted by Gasteiger charge is -2.18. The molecule has 0 saturated heterocycles. The molecular weight excluding hydrogens is 419 g/mol. The van der Waals surface area contributed by atoms with Gasteiger partial charge in [0.25, 0.3) is 0 Å². The average Bonchev–Trinajstić information content (AvgIpc) is 3.31. The highest BCUT2D eigenvalue weighted by molar-refractivity contribution is 5.94. The van der Waals surface area contributed by atoms with Crippen LogP contribution in [0.2, 0.25) is 0 Å². The van der Waals surface area contributed by atoms with Crippen LogP contribution in [0, 0.1) is 0 Å². The zero-order valence-electron chi connectivity index (χ0n) is 17.1. The number of anilines is 1. The van der Waals surface area contributed by atoms with Crippen LogP contribution in [0.15, 0.2) is 73.3 Å². The molecule has 4 aromatic rings. The van der Waals surface area contributed by atoms with Crippen molar-refractivity contribution in [2.24, 2.45) is 0 Å². The van der Waals surface area contributed by atoms with E-state index < -0.39 is 17.6 Å². The molecule has 0 saturated carbocycles. The van der Waals surface area contributed by atoms with Gasteiger partial charge in [-0.3, -0.25) is 4.79 Å². The molecule has 0 bridgehead atoms. The number of fused-ring (bicyclic) bond motifs is 1. The number of aromatic nitrogens is 3. The number of carbonyl (C=O) groups excluding carboxylic acids is 1. The van der Waals surface area contributed by atoms with Gasteiger partial charge in [-0.15, -0.1) is 0 Å². The molecule has 32 heavy (non-hydrogen) atoms. The predicted molar refractivity (Wildman–Crippen MR) is 115 cm³/mol. The van der Waals surface area contributed by atoms with Crippen LogP contribution in [0.4, 0.5) is 18.9 Å². The maximum Gasteiger partial charge on any atom is 0.416 e. The Bertz CT molecular complexity index is 1230. The van der Waals surface area contributed by atoms with E-state index in [1.807, 2.05) is 49.4 Å². The quantitative estimate of drug-likeness (QED) is 0.456. The highest BCUT2D eigenvalue weighted by atomic mass is 19.4. The van der Waals surface area contributed by atoms with Gasteiger partial charge in [-0.25, -0.2) is 9.67 Å². The molecule has 6 nitrogen and oxygen atoms in total. The maximum absolute atomic E-state index is 13.2. The third kappa shape index (κ3) is 4.62. The Morgan fingerprint density at radius 2 is 1.88 bits per heavy atom. The summed E-state index contributed by atoms with van der Waals surface area (Å²) in [6, 6.07) is 16.8. The molecule has 0 spiro atoms. The third-order valence-electron chi connectivity index (χ3n) is 5.12. The molecule has 0 aliphatic carbocycles. The summed E-state index contributed by atoms with van der Waals surface area (Å²) in [5, 5.41) is 11.8. The first-order valence-corrected chi connectivity index (χ1v) is 9.90. The minimum absolute atomic E-state index is 0.00469. The van der Waals surface area contributed by atoms with Gasteiger partial charge in [0.15, 0.2) is 0 Å². The number of benzene rings is 3.